The molecule has 0 fully saturated rings. The normalized spacial score (nSPS) is 11.8. The molecule has 0 spiro atoms. The van der Waals surface area contributed by atoms with Gasteiger partial charge >= 0.3 is 0 Å². The Kier molecular flexibility index (Phi) is 2.92. The predicted molar refractivity (Wildman–Crippen MR) is 74.0 cm³/mol. The van der Waals surface area contributed by atoms with E-state index in [1.54, 1.807) is 18.2 Å². The topological polar surface area (TPSA) is 87.7 Å². The van der Waals surface area contributed by atoms with E-state index in [0.717, 1.165) is 11.5 Å². The highest BCUT2D eigenvalue weighted by Gasteiger charge is 2.17. The summed E-state index contributed by atoms with van der Waals surface area (Å²) in [5.41, 5.74) is 0.839. The maximum absolute atomic E-state index is 12.1. The van der Waals surface area contributed by atoms with Crippen LogP contribution in [0.15, 0.2) is 34.7 Å². The van der Waals surface area contributed by atoms with Gasteiger partial charge in [0.1, 0.15) is 15.6 Å². The first-order chi connectivity index (χ1) is 9.08. The first-order valence-electron chi connectivity index (χ1n) is 5.13. The van der Waals surface area contributed by atoms with Gasteiger partial charge in [-0.05, 0) is 23.7 Å². The molecule has 0 aliphatic rings. The molecule has 0 saturated carbocycles. The summed E-state index contributed by atoms with van der Waals surface area (Å²) in [5.74, 6) is 0. The van der Waals surface area contributed by atoms with Crippen molar-refractivity contribution in [3.8, 4) is 0 Å². The second-order valence-corrected chi connectivity index (χ2v) is 6.42. The van der Waals surface area contributed by atoms with E-state index in [9.17, 15) is 8.42 Å². The van der Waals surface area contributed by atoms with Crippen LogP contribution in [0.2, 0.25) is 5.15 Å². The summed E-state index contributed by atoms with van der Waals surface area (Å²) >= 11 is 6.98. The largest absolute Gasteiger partial charge is 0.277 e. The molecule has 19 heavy (non-hydrogen) atoms. The summed E-state index contributed by atoms with van der Waals surface area (Å²) in [6, 6.07) is 5.08. The number of hydrogen-bond acceptors (Lipinski definition) is 5. The van der Waals surface area contributed by atoms with E-state index < -0.39 is 10.0 Å². The Bertz CT molecular complexity index is 826. The Morgan fingerprint density at radius 2 is 2.21 bits per heavy atom. The van der Waals surface area contributed by atoms with Gasteiger partial charge in [0.2, 0.25) is 0 Å². The fourth-order valence-electron chi connectivity index (χ4n) is 1.62. The summed E-state index contributed by atoms with van der Waals surface area (Å²) in [6.45, 7) is 0. The number of benzene rings is 1. The molecule has 0 unspecified atom stereocenters. The molecule has 98 valence electrons. The van der Waals surface area contributed by atoms with Gasteiger partial charge in [0.15, 0.2) is 0 Å². The summed E-state index contributed by atoms with van der Waals surface area (Å²) in [7, 11) is -3.65. The lowest BCUT2D eigenvalue weighted by molar-refractivity contribution is 0.601. The van der Waals surface area contributed by atoms with Crippen LogP contribution in [0.5, 0.6) is 0 Å². The molecular formula is C10H7ClN4O2S2. The molecule has 0 atom stereocenters. The van der Waals surface area contributed by atoms with Crippen molar-refractivity contribution in [2.75, 3.05) is 4.72 Å². The number of para-hydroxylation sites is 1. The van der Waals surface area contributed by atoms with Crippen molar-refractivity contribution in [2.24, 2.45) is 0 Å². The van der Waals surface area contributed by atoms with Crippen molar-refractivity contribution in [3.05, 3.63) is 34.9 Å². The lowest BCUT2D eigenvalue weighted by atomic mass is 10.2. The summed E-state index contributed by atoms with van der Waals surface area (Å²) in [4.78, 5) is 0.121. The molecule has 0 amide bonds. The van der Waals surface area contributed by atoms with E-state index in [2.05, 4.69) is 19.3 Å². The zero-order chi connectivity index (χ0) is 13.5. The number of rotatable bonds is 3. The number of anilines is 1. The Hall–Kier alpha value is -1.64. The molecule has 3 aromatic rings. The van der Waals surface area contributed by atoms with Crippen LogP contribution in [0, 0.1) is 0 Å². The first-order valence-corrected chi connectivity index (χ1v) is 7.82. The molecule has 9 heteroatoms. The van der Waals surface area contributed by atoms with E-state index in [0.29, 0.717) is 21.7 Å². The quantitative estimate of drug-likeness (QED) is 0.777. The van der Waals surface area contributed by atoms with Crippen molar-refractivity contribution >= 4 is 49.7 Å². The third-order valence-electron chi connectivity index (χ3n) is 2.50. The van der Waals surface area contributed by atoms with Gasteiger partial charge in [0, 0.05) is 10.8 Å². The summed E-state index contributed by atoms with van der Waals surface area (Å²) < 4.78 is 30.4. The van der Waals surface area contributed by atoms with E-state index in [4.69, 9.17) is 11.6 Å². The van der Waals surface area contributed by atoms with E-state index >= 15 is 0 Å². The van der Waals surface area contributed by atoms with Crippen LogP contribution in [0.25, 0.3) is 10.9 Å². The molecule has 1 aromatic carbocycles. The number of H-pyrrole nitrogens is 1. The van der Waals surface area contributed by atoms with Gasteiger partial charge < -0.3 is 0 Å². The molecule has 2 N–H and O–H groups in total. The zero-order valence-electron chi connectivity index (χ0n) is 9.29. The second-order valence-electron chi connectivity index (χ2n) is 3.70. The number of aromatic amines is 1. The van der Waals surface area contributed by atoms with Gasteiger partial charge in [-0.25, -0.2) is 8.42 Å². The van der Waals surface area contributed by atoms with Gasteiger partial charge in [0.25, 0.3) is 10.0 Å². The number of fused-ring (bicyclic) bond motifs is 1. The Labute approximate surface area is 117 Å². The van der Waals surface area contributed by atoms with Crippen molar-refractivity contribution < 1.29 is 8.42 Å². The molecule has 0 saturated heterocycles. The fraction of sp³-hybridized carbons (Fsp3) is 0. The van der Waals surface area contributed by atoms with Crippen LogP contribution in [-0.4, -0.2) is 23.0 Å². The second kappa shape index (κ2) is 4.48. The average Bonchev–Trinajstić information content (AvgIpc) is 3.00. The summed E-state index contributed by atoms with van der Waals surface area (Å²) in [6.07, 6.45) is 1.30. The van der Waals surface area contributed by atoms with Crippen LogP contribution in [0.1, 0.15) is 0 Å². The Morgan fingerprint density at radius 1 is 1.37 bits per heavy atom. The highest BCUT2D eigenvalue weighted by atomic mass is 35.5. The van der Waals surface area contributed by atoms with Gasteiger partial charge in [-0.2, -0.15) is 9.47 Å². The third-order valence-corrected chi connectivity index (χ3v) is 4.86. The minimum atomic E-state index is -3.65. The van der Waals surface area contributed by atoms with E-state index in [-0.39, 0.29) is 4.90 Å². The molecule has 0 bridgehead atoms. The lowest BCUT2D eigenvalue weighted by Gasteiger charge is -2.06. The standard InChI is InChI=1S/C10H7ClN4O2S2/c11-10-7-2-1-3-8(9(7)13-14-10)15-19(16,17)6-4-12-18-5-6/h1-5,15H,(H,13,14). The number of hydrogen-bond donors (Lipinski definition) is 2. The highest BCUT2D eigenvalue weighted by Crippen LogP contribution is 2.28. The van der Waals surface area contributed by atoms with Gasteiger partial charge in [-0.15, -0.1) is 0 Å². The Morgan fingerprint density at radius 3 is 2.95 bits per heavy atom. The SMILES string of the molecule is O=S(=O)(Nc1cccc2c(Cl)[nH]nc12)c1cnsc1. The number of nitrogens with one attached hydrogen (secondary N) is 2. The predicted octanol–water partition coefficient (Wildman–Crippen LogP) is 2.47. The maximum Gasteiger partial charge on any atom is 0.264 e. The zero-order valence-corrected chi connectivity index (χ0v) is 11.7. The smallest absolute Gasteiger partial charge is 0.264 e. The van der Waals surface area contributed by atoms with Crippen LogP contribution in [0.3, 0.4) is 0 Å². The molecule has 2 aromatic heterocycles. The van der Waals surface area contributed by atoms with Crippen molar-refractivity contribution in [1.29, 1.82) is 0 Å². The van der Waals surface area contributed by atoms with Crippen molar-refractivity contribution in [1.82, 2.24) is 14.6 Å². The van der Waals surface area contributed by atoms with Gasteiger partial charge in [-0.1, -0.05) is 17.7 Å². The molecule has 6 nitrogen and oxygen atoms in total. The van der Waals surface area contributed by atoms with E-state index in [1.807, 2.05) is 0 Å². The number of aromatic nitrogens is 3. The van der Waals surface area contributed by atoms with Gasteiger partial charge in [0.05, 0.1) is 11.9 Å². The third kappa shape index (κ3) is 2.18. The fourth-order valence-corrected chi connectivity index (χ4v) is 3.68. The van der Waals surface area contributed by atoms with Gasteiger partial charge in [-0.3, -0.25) is 9.82 Å². The highest BCUT2D eigenvalue weighted by molar-refractivity contribution is 7.92. The number of sulfonamides is 1. The van der Waals surface area contributed by atoms with E-state index in [1.165, 1.54) is 11.6 Å². The molecule has 0 radical (unpaired) electrons. The minimum Gasteiger partial charge on any atom is -0.277 e. The minimum absolute atomic E-state index is 0.121. The van der Waals surface area contributed by atoms with Crippen LogP contribution >= 0.6 is 23.1 Å². The first kappa shape index (κ1) is 12.4. The van der Waals surface area contributed by atoms with Crippen LogP contribution < -0.4 is 4.72 Å². The molecule has 0 aliphatic heterocycles. The number of halogens is 1. The molecule has 3 rings (SSSR count). The molecule has 2 heterocycles. The Balaban J connectivity index is 2.07. The van der Waals surface area contributed by atoms with Crippen LogP contribution in [-0.2, 0) is 10.0 Å². The molecule has 0 aliphatic carbocycles. The van der Waals surface area contributed by atoms with Crippen LogP contribution in [0.4, 0.5) is 5.69 Å². The average molecular weight is 315 g/mol. The monoisotopic (exact) mass is 314 g/mol. The lowest BCUT2D eigenvalue weighted by Crippen LogP contribution is -2.12. The maximum atomic E-state index is 12.1. The summed E-state index contributed by atoms with van der Waals surface area (Å²) in [5, 5.41) is 9.08. The molecular weight excluding hydrogens is 308 g/mol. The van der Waals surface area contributed by atoms with Crippen molar-refractivity contribution in [2.45, 2.75) is 4.90 Å². The number of nitrogens with zero attached hydrogens (tertiary/aromatic N) is 2. The van der Waals surface area contributed by atoms with Crippen molar-refractivity contribution in [3.63, 3.8) is 0 Å².